The van der Waals surface area contributed by atoms with Gasteiger partial charge < -0.3 is 0 Å². The number of aryl methyl sites for hydroxylation is 1. The van der Waals surface area contributed by atoms with E-state index in [0.29, 0.717) is 22.9 Å². The van der Waals surface area contributed by atoms with Gasteiger partial charge >= 0.3 is 0 Å². The molecule has 0 saturated heterocycles. The SMILES string of the molecule is Cc1ccc(-c2nn(Cc3ccccc3)cc2C(=O)Nc2nccs2)cc1. The van der Waals surface area contributed by atoms with E-state index in [-0.39, 0.29) is 5.91 Å². The van der Waals surface area contributed by atoms with Crippen LogP contribution >= 0.6 is 11.3 Å². The highest BCUT2D eigenvalue weighted by Gasteiger charge is 2.19. The summed E-state index contributed by atoms with van der Waals surface area (Å²) in [5.41, 5.74) is 4.40. The van der Waals surface area contributed by atoms with Crippen LogP contribution in [0.25, 0.3) is 11.3 Å². The van der Waals surface area contributed by atoms with Crippen LogP contribution in [-0.2, 0) is 6.54 Å². The molecule has 0 bridgehead atoms. The first kappa shape index (κ1) is 17.2. The normalized spacial score (nSPS) is 10.7. The van der Waals surface area contributed by atoms with Crippen LogP contribution in [0.1, 0.15) is 21.5 Å². The van der Waals surface area contributed by atoms with Gasteiger partial charge in [0.1, 0.15) is 5.69 Å². The van der Waals surface area contributed by atoms with E-state index in [4.69, 9.17) is 5.10 Å². The lowest BCUT2D eigenvalue weighted by molar-refractivity contribution is 0.102. The second kappa shape index (κ2) is 7.55. The van der Waals surface area contributed by atoms with Gasteiger partial charge in [0.15, 0.2) is 5.13 Å². The molecule has 0 aliphatic rings. The zero-order valence-corrected chi connectivity index (χ0v) is 15.6. The van der Waals surface area contributed by atoms with Crippen LogP contribution in [0.4, 0.5) is 5.13 Å². The van der Waals surface area contributed by atoms with Crippen molar-refractivity contribution in [3.05, 3.63) is 89.1 Å². The lowest BCUT2D eigenvalue weighted by Gasteiger charge is -2.03. The Labute approximate surface area is 161 Å². The number of nitrogens with one attached hydrogen (secondary N) is 1. The van der Waals surface area contributed by atoms with Crippen LogP contribution in [-0.4, -0.2) is 20.7 Å². The summed E-state index contributed by atoms with van der Waals surface area (Å²) in [7, 11) is 0. The standard InChI is InChI=1S/C21H18N4OS/c1-15-7-9-17(10-8-15)19-18(20(26)23-21-22-11-12-27-21)14-25(24-19)13-16-5-3-2-4-6-16/h2-12,14H,13H2,1H3,(H,22,23,26). The van der Waals surface area contributed by atoms with Gasteiger partial charge in [0, 0.05) is 23.3 Å². The third-order valence-corrected chi connectivity index (χ3v) is 4.86. The van der Waals surface area contributed by atoms with Gasteiger partial charge in [-0.3, -0.25) is 14.8 Å². The maximum absolute atomic E-state index is 12.8. The van der Waals surface area contributed by atoms with Gasteiger partial charge in [0.25, 0.3) is 5.91 Å². The fourth-order valence-corrected chi connectivity index (χ4v) is 3.34. The largest absolute Gasteiger partial charge is 0.298 e. The van der Waals surface area contributed by atoms with Gasteiger partial charge in [0.2, 0.25) is 0 Å². The quantitative estimate of drug-likeness (QED) is 0.555. The van der Waals surface area contributed by atoms with Crippen molar-refractivity contribution >= 4 is 22.4 Å². The van der Waals surface area contributed by atoms with Crippen LogP contribution in [0.5, 0.6) is 0 Å². The summed E-state index contributed by atoms with van der Waals surface area (Å²) in [4.78, 5) is 17.0. The lowest BCUT2D eigenvalue weighted by Crippen LogP contribution is -2.12. The van der Waals surface area contributed by atoms with E-state index in [1.54, 1.807) is 17.1 Å². The molecule has 4 aromatic rings. The summed E-state index contributed by atoms with van der Waals surface area (Å²) in [5.74, 6) is -0.208. The number of aromatic nitrogens is 3. The molecule has 0 spiro atoms. The number of carbonyl (C=O) groups excluding carboxylic acids is 1. The summed E-state index contributed by atoms with van der Waals surface area (Å²) in [5, 5.41) is 9.95. The fraction of sp³-hybridized carbons (Fsp3) is 0.0952. The summed E-state index contributed by atoms with van der Waals surface area (Å²) in [6, 6.07) is 18.1. The highest BCUT2D eigenvalue weighted by Crippen LogP contribution is 2.24. The maximum Gasteiger partial charge on any atom is 0.261 e. The molecule has 0 aliphatic carbocycles. The molecule has 27 heavy (non-hydrogen) atoms. The molecule has 0 radical (unpaired) electrons. The summed E-state index contributed by atoms with van der Waals surface area (Å²) >= 11 is 1.39. The third-order valence-electron chi connectivity index (χ3n) is 4.17. The number of hydrogen-bond donors (Lipinski definition) is 1. The van der Waals surface area contributed by atoms with Gasteiger partial charge in [0.05, 0.1) is 12.1 Å². The first-order valence-corrected chi connectivity index (χ1v) is 9.46. The Bertz CT molecular complexity index is 1040. The molecule has 6 heteroatoms. The van der Waals surface area contributed by atoms with Crippen LogP contribution < -0.4 is 5.32 Å². The van der Waals surface area contributed by atoms with E-state index in [9.17, 15) is 4.79 Å². The Morgan fingerprint density at radius 1 is 1.11 bits per heavy atom. The Balaban J connectivity index is 1.70. The average Bonchev–Trinajstić information content (AvgIpc) is 3.33. The smallest absolute Gasteiger partial charge is 0.261 e. The van der Waals surface area contributed by atoms with Crippen molar-refractivity contribution in [1.82, 2.24) is 14.8 Å². The van der Waals surface area contributed by atoms with Gasteiger partial charge in [-0.05, 0) is 12.5 Å². The van der Waals surface area contributed by atoms with E-state index in [1.807, 2.05) is 66.9 Å². The number of amides is 1. The predicted octanol–water partition coefficient (Wildman–Crippen LogP) is 4.62. The second-order valence-electron chi connectivity index (χ2n) is 6.23. The minimum absolute atomic E-state index is 0.208. The first-order valence-electron chi connectivity index (χ1n) is 8.58. The zero-order chi connectivity index (χ0) is 18.6. The molecular formula is C21H18N4OS. The number of nitrogens with zero attached hydrogens (tertiary/aromatic N) is 3. The van der Waals surface area contributed by atoms with Gasteiger partial charge in [-0.2, -0.15) is 5.10 Å². The number of benzene rings is 2. The third kappa shape index (κ3) is 3.96. The fourth-order valence-electron chi connectivity index (χ4n) is 2.81. The molecule has 2 aromatic carbocycles. The molecule has 2 heterocycles. The molecule has 1 N–H and O–H groups in total. The number of hydrogen-bond acceptors (Lipinski definition) is 4. The molecule has 5 nitrogen and oxygen atoms in total. The molecule has 134 valence electrons. The van der Waals surface area contributed by atoms with Gasteiger partial charge in [-0.25, -0.2) is 4.98 Å². The molecular weight excluding hydrogens is 356 g/mol. The number of carbonyl (C=O) groups is 1. The zero-order valence-electron chi connectivity index (χ0n) is 14.8. The predicted molar refractivity (Wildman–Crippen MR) is 108 cm³/mol. The van der Waals surface area contributed by atoms with Crippen LogP contribution in [0, 0.1) is 6.92 Å². The minimum atomic E-state index is -0.208. The van der Waals surface area contributed by atoms with Crippen molar-refractivity contribution in [2.45, 2.75) is 13.5 Å². The minimum Gasteiger partial charge on any atom is -0.298 e. The first-order chi connectivity index (χ1) is 13.2. The Morgan fingerprint density at radius 2 is 1.89 bits per heavy atom. The van der Waals surface area contributed by atoms with Crippen molar-refractivity contribution in [3.8, 4) is 11.3 Å². The van der Waals surface area contributed by atoms with Crippen LogP contribution in [0.2, 0.25) is 0 Å². The Kier molecular flexibility index (Phi) is 4.80. The van der Waals surface area contributed by atoms with E-state index >= 15 is 0 Å². The molecule has 2 aromatic heterocycles. The molecule has 0 fully saturated rings. The average molecular weight is 374 g/mol. The number of thiazole rings is 1. The van der Waals surface area contributed by atoms with Gasteiger partial charge in [-0.15, -0.1) is 11.3 Å². The molecule has 0 unspecified atom stereocenters. The van der Waals surface area contributed by atoms with Crippen molar-refractivity contribution in [1.29, 1.82) is 0 Å². The Hall–Kier alpha value is -3.25. The second-order valence-corrected chi connectivity index (χ2v) is 7.13. The highest BCUT2D eigenvalue weighted by atomic mass is 32.1. The summed E-state index contributed by atoms with van der Waals surface area (Å²) in [6.45, 7) is 2.64. The maximum atomic E-state index is 12.8. The number of rotatable bonds is 5. The summed E-state index contributed by atoms with van der Waals surface area (Å²) in [6.07, 6.45) is 3.46. The monoisotopic (exact) mass is 374 g/mol. The van der Waals surface area contributed by atoms with Gasteiger partial charge in [-0.1, -0.05) is 60.2 Å². The van der Waals surface area contributed by atoms with Crippen molar-refractivity contribution < 1.29 is 4.79 Å². The van der Waals surface area contributed by atoms with Crippen LogP contribution in [0.3, 0.4) is 0 Å². The van der Waals surface area contributed by atoms with Crippen molar-refractivity contribution in [3.63, 3.8) is 0 Å². The topological polar surface area (TPSA) is 59.8 Å². The lowest BCUT2D eigenvalue weighted by atomic mass is 10.1. The Morgan fingerprint density at radius 3 is 2.59 bits per heavy atom. The number of anilines is 1. The highest BCUT2D eigenvalue weighted by molar-refractivity contribution is 7.13. The molecule has 4 rings (SSSR count). The molecule has 1 amide bonds. The summed E-state index contributed by atoms with van der Waals surface area (Å²) < 4.78 is 1.81. The van der Waals surface area contributed by atoms with E-state index in [2.05, 4.69) is 10.3 Å². The van der Waals surface area contributed by atoms with E-state index < -0.39 is 0 Å². The molecule has 0 aliphatic heterocycles. The van der Waals surface area contributed by atoms with Crippen molar-refractivity contribution in [2.75, 3.05) is 5.32 Å². The molecule has 0 atom stereocenters. The van der Waals surface area contributed by atoms with E-state index in [1.165, 1.54) is 11.3 Å². The van der Waals surface area contributed by atoms with Crippen molar-refractivity contribution in [2.24, 2.45) is 0 Å². The van der Waals surface area contributed by atoms with Crippen LogP contribution in [0.15, 0.2) is 72.4 Å². The van der Waals surface area contributed by atoms with E-state index in [0.717, 1.165) is 16.7 Å². The molecule has 0 saturated carbocycles.